The number of primary amides is 1. The molecule has 8 heterocycles. The Labute approximate surface area is 873 Å². The van der Waals surface area contributed by atoms with Crippen LogP contribution in [0.15, 0.2) is 132 Å². The SMILES string of the molecule is CC(=O)N1CCC[C@]12C/C=C/CCC[C@]1(CCC/C=C\CCCOC(=O)N3CC[C@@]4(C3)NC(=O)[C@H](CCCCn3cc(nn3)COC[C@@H](C(=O)N[C@@H](C)C(N)=O)OC(=O)[C@H](Cc3csc5ccccc35)NC(=O)[C@H](Cc3ccsc3)NC4=O)NC(=O)[C@H](Cc3ccccc3)NC(=O)[C@H](C)NC(=O)C(C)(C)NC(=O)[C@H](Cc3cccc(C(=O)O)c3)NC(=O)[C@H](CC(=O)O)NC1=O)NC(=O)[C@H](CC(C)(C)C)NC(=O)[C@H](CC(=O)O)NC2=O. The number of carboxylic acids is 3. The van der Waals surface area contributed by atoms with E-state index in [2.05, 4.69) is 79.4 Å². The van der Waals surface area contributed by atoms with Gasteiger partial charge in [-0.05, 0) is 204 Å². The molecule has 0 saturated carbocycles. The zero-order chi connectivity index (χ0) is 109. The number of aliphatic carboxylic acids is 2. The number of hydrogen-bond donors (Lipinski definition) is 17. The lowest BCUT2D eigenvalue weighted by atomic mass is 9.83. The molecule has 2 fully saturated rings. The highest BCUT2D eigenvalue weighted by atomic mass is 32.1. The molecule has 6 aromatic rings. The summed E-state index contributed by atoms with van der Waals surface area (Å²) in [4.78, 5) is 296. The van der Waals surface area contributed by atoms with Gasteiger partial charge < -0.3 is 114 Å². The Balaban J connectivity index is 0.980. The van der Waals surface area contributed by atoms with Crippen molar-refractivity contribution in [2.24, 2.45) is 11.1 Å². The van der Waals surface area contributed by atoms with E-state index in [4.69, 9.17) is 19.9 Å². The van der Waals surface area contributed by atoms with Gasteiger partial charge in [-0.15, -0.1) is 16.4 Å². The molecular weight excluding hydrogens is 1980 g/mol. The lowest BCUT2D eigenvalue weighted by Crippen LogP contribution is -2.66. The van der Waals surface area contributed by atoms with E-state index in [0.29, 0.717) is 28.5 Å². The molecule has 3 spiro atoms. The number of ether oxygens (including phenoxy) is 3. The standard InChI is InChI=1S/C103H133N19O26S2/c1-60(82(104)128)105-91(137)78-56-146-55-68-54-121(119-118-68)41-24-20-33-70-88(134)117-102(96(143)112-72(49-65-35-45-149-57-65)85(131)110-76(93(140)148-78)50-67-58-150-79-34-19-18-32-69(67)79)40-43-120(59-102)98(145)147-44-25-14-10-9-11-21-36-101(37-22-12-13-23-38-103(39-27-42-122(103)62(3)123)97(144)114-75(52-81(126)127)87(133)111-77(90(136)116-101)53-99(4,5)6)95(142)113-74(51-80(124)125)86(132)109-73(48-64-30-26-31-66(46-64)92(138)139)89(135)115-100(7,8)94(141)106-61(2)83(129)108-71(84(130)107-70)47-63-28-16-15-17-29-63/h9-10,13,15-19,23,26,28-32,34-35,45-46,54,57-58,60-61,70-78H,11-12,14,20-22,24-25,27,33,36-44,47-53,55-56,59H2,1-8H3,(H2,104,128)(H,105,137)(H,106,141)(H,107,130)(H,108,129)(H,109,132)(H,110,131)(H,111,133)(H,112,143)(H,113,142)(H,114,144)(H,115,135)(H,116,136)(H,117,134)(H,124,125)(H,126,127)(H,138,139)/b10-9-,23-13+/t60-,61-,70-,71-,72-,73-,74-,75-,76-,77-,78-,101-,102-,103-/m0/s1. The van der Waals surface area contributed by atoms with Crippen LogP contribution in [0.2, 0.25) is 0 Å². The van der Waals surface area contributed by atoms with Crippen LogP contribution in [-0.2, 0) is 139 Å². The Morgan fingerprint density at radius 1 is 0.567 bits per heavy atom. The number of hydrogen-bond acceptors (Lipinski definition) is 27. The van der Waals surface area contributed by atoms with Gasteiger partial charge in [0.05, 0.1) is 51.0 Å². The summed E-state index contributed by atoms with van der Waals surface area (Å²) in [6.07, 6.45) is 1.45. The number of nitrogens with two attached hydrogens (primary N) is 1. The highest BCUT2D eigenvalue weighted by Gasteiger charge is 2.53. The number of esters is 1. The molecule has 3 aromatic heterocycles. The lowest BCUT2D eigenvalue weighted by Gasteiger charge is -2.38. The number of nitrogens with zero attached hydrogens (tertiary/aromatic N) is 5. The fourth-order valence-electron chi connectivity index (χ4n) is 18.5. The molecule has 47 heteroatoms. The number of fused-ring (bicyclic) bond motifs is 6. The summed E-state index contributed by atoms with van der Waals surface area (Å²) in [7, 11) is 0. The van der Waals surface area contributed by atoms with Crippen molar-refractivity contribution in [2.45, 2.75) is 298 Å². The van der Waals surface area contributed by atoms with Crippen molar-refractivity contribution in [3.63, 3.8) is 0 Å². The Bertz CT molecular complexity index is 6000. The van der Waals surface area contributed by atoms with Crippen molar-refractivity contribution in [1.82, 2.24) is 93.9 Å². The molecule has 45 nitrogen and oxygen atoms in total. The molecule has 5 aliphatic heterocycles. The number of carbonyl (C=O) groups is 20. The highest BCUT2D eigenvalue weighted by Crippen LogP contribution is 2.36. The highest BCUT2D eigenvalue weighted by molar-refractivity contribution is 7.17. The molecule has 0 aliphatic carbocycles. The van der Waals surface area contributed by atoms with E-state index in [-0.39, 0.29) is 165 Å². The van der Waals surface area contributed by atoms with E-state index in [1.807, 2.05) is 12.1 Å². The van der Waals surface area contributed by atoms with Crippen molar-refractivity contribution >= 4 is 151 Å². The number of carboxylic acid groups (broad SMARTS) is 3. The molecule has 150 heavy (non-hydrogen) atoms. The van der Waals surface area contributed by atoms with Gasteiger partial charge >= 0.3 is 30.0 Å². The first-order valence-electron chi connectivity index (χ1n) is 50.0. The Kier molecular flexibility index (Phi) is 40.6. The first-order valence-corrected chi connectivity index (χ1v) is 51.8. The van der Waals surface area contributed by atoms with Gasteiger partial charge in [0.1, 0.15) is 88.3 Å². The number of likely N-dealkylation sites (tertiary alicyclic amines) is 1. The van der Waals surface area contributed by atoms with Crippen LogP contribution in [0.1, 0.15) is 209 Å². The number of benzene rings is 3. The average Bonchev–Trinajstić information content (AvgIpc) is 1.63. The second-order valence-corrected chi connectivity index (χ2v) is 41.9. The normalized spacial score (nSPS) is 26.3. The molecule has 18 N–H and O–H groups in total. The maximum absolute atomic E-state index is 16.2. The Hall–Kier alpha value is -14.9. The van der Waals surface area contributed by atoms with E-state index < -0.39 is 245 Å². The predicted octanol–water partition coefficient (Wildman–Crippen LogP) is 3.07. The maximum Gasteiger partial charge on any atom is 0.409 e. The number of cyclic esters (lactones) is 2. The second-order valence-electron chi connectivity index (χ2n) is 40.2. The third-order valence-electron chi connectivity index (χ3n) is 26.7. The van der Waals surface area contributed by atoms with Gasteiger partial charge in [-0.3, -0.25) is 86.2 Å². The van der Waals surface area contributed by atoms with Crippen molar-refractivity contribution in [3.8, 4) is 0 Å². The van der Waals surface area contributed by atoms with Crippen LogP contribution in [-0.4, -0.2) is 280 Å². The van der Waals surface area contributed by atoms with E-state index in [1.54, 1.807) is 110 Å². The molecule has 5 aliphatic rings. The van der Waals surface area contributed by atoms with E-state index >= 15 is 43.2 Å². The number of thiophene rings is 2. The Morgan fingerprint density at radius 3 is 1.83 bits per heavy atom. The summed E-state index contributed by atoms with van der Waals surface area (Å²) in [6, 6.07) is 5.31. The molecule has 808 valence electrons. The van der Waals surface area contributed by atoms with Crippen LogP contribution in [0.25, 0.3) is 10.1 Å². The Morgan fingerprint density at radius 2 is 1.16 bits per heavy atom. The minimum atomic E-state index is -2.24. The number of carbonyl (C=O) groups excluding carboxylic acids is 17. The average molecular weight is 2120 g/mol. The smallest absolute Gasteiger partial charge is 0.409 e. The van der Waals surface area contributed by atoms with Crippen LogP contribution in [0.5, 0.6) is 0 Å². The number of nitrogens with one attached hydrogen (secondary N) is 13. The zero-order valence-electron chi connectivity index (χ0n) is 84.9. The summed E-state index contributed by atoms with van der Waals surface area (Å²) < 4.78 is 20.1. The number of amides is 16. The van der Waals surface area contributed by atoms with Crippen molar-refractivity contribution in [2.75, 3.05) is 32.8 Å². The number of aromatic nitrogens is 3. The van der Waals surface area contributed by atoms with Gasteiger partial charge in [0.2, 0.25) is 88.8 Å². The van der Waals surface area contributed by atoms with Crippen LogP contribution >= 0.6 is 22.7 Å². The van der Waals surface area contributed by atoms with Gasteiger partial charge in [-0.2, -0.15) is 11.3 Å². The molecule has 0 unspecified atom stereocenters. The maximum atomic E-state index is 16.2. The molecule has 3 aromatic carbocycles. The summed E-state index contributed by atoms with van der Waals surface area (Å²) in [5.41, 5.74) is -1.94. The molecule has 11 rings (SSSR count). The number of rotatable bonds is 17. The van der Waals surface area contributed by atoms with Crippen LogP contribution < -0.4 is 74.9 Å². The van der Waals surface area contributed by atoms with E-state index in [9.17, 15) is 68.1 Å². The minimum absolute atomic E-state index is 0.00353. The van der Waals surface area contributed by atoms with E-state index in [1.165, 1.54) is 97.3 Å². The largest absolute Gasteiger partial charge is 0.481 e. The molecular formula is C103H133N19O26S2. The lowest BCUT2D eigenvalue weighted by molar-refractivity contribution is -0.163. The third-order valence-corrected chi connectivity index (χ3v) is 28.4. The number of allylic oxidation sites excluding steroid dienone is 3. The van der Waals surface area contributed by atoms with Crippen molar-refractivity contribution in [1.29, 1.82) is 0 Å². The molecule has 2 saturated heterocycles. The van der Waals surface area contributed by atoms with Crippen molar-refractivity contribution in [3.05, 3.63) is 165 Å². The fraction of sp³-hybridized carbons (Fsp3) is 0.515. The van der Waals surface area contributed by atoms with Gasteiger partial charge in [0, 0.05) is 56.9 Å². The summed E-state index contributed by atoms with van der Waals surface area (Å²) in [5, 5.41) is 80.2. The first-order chi connectivity index (χ1) is 71.2. The zero-order valence-corrected chi connectivity index (χ0v) is 86.6. The summed E-state index contributed by atoms with van der Waals surface area (Å²) in [5.74, 6) is -21.0. The number of aryl methyl sites for hydroxylation is 1. The van der Waals surface area contributed by atoms with Gasteiger partial charge in [0.15, 0.2) is 0 Å². The van der Waals surface area contributed by atoms with Gasteiger partial charge in [-0.1, -0.05) is 111 Å². The quantitative estimate of drug-likeness (QED) is 0.0461. The van der Waals surface area contributed by atoms with Crippen LogP contribution in [0, 0.1) is 5.41 Å². The van der Waals surface area contributed by atoms with Crippen LogP contribution in [0.4, 0.5) is 4.79 Å². The van der Waals surface area contributed by atoms with Crippen LogP contribution in [0.3, 0.4) is 0 Å². The molecule has 0 radical (unpaired) electrons. The topological polar surface area (TPSA) is 649 Å². The molecule has 5 bridgehead atoms. The molecule has 14 atom stereocenters. The van der Waals surface area contributed by atoms with E-state index in [0.717, 1.165) is 9.60 Å². The molecule has 16 amide bonds. The fourth-order valence-corrected chi connectivity index (χ4v) is 20.1. The summed E-state index contributed by atoms with van der Waals surface area (Å²) >= 11 is 2.59. The minimum Gasteiger partial charge on any atom is -0.481 e. The van der Waals surface area contributed by atoms with Gasteiger partial charge in [-0.25, -0.2) is 14.4 Å². The first kappa shape index (κ1) is 115. The summed E-state index contributed by atoms with van der Waals surface area (Å²) in [6.45, 7) is 9.41. The monoisotopic (exact) mass is 2120 g/mol. The third kappa shape index (κ3) is 32.3. The second kappa shape index (κ2) is 52.8. The van der Waals surface area contributed by atoms with Crippen molar-refractivity contribution < 1.29 is 125 Å². The predicted molar refractivity (Wildman–Crippen MR) is 543 cm³/mol. The van der Waals surface area contributed by atoms with Gasteiger partial charge in [0.25, 0.3) is 5.91 Å². The number of aromatic carboxylic acids is 1.